The molecule has 0 saturated carbocycles. The Bertz CT molecular complexity index is 1030. The quantitative estimate of drug-likeness (QED) is 0.607. The molecule has 3 N–H and O–H groups in total. The molecule has 1 atom stereocenters. The van der Waals surface area contributed by atoms with E-state index in [9.17, 15) is 24.2 Å². The van der Waals surface area contributed by atoms with Gasteiger partial charge < -0.3 is 15.5 Å². The number of aromatic hydroxyl groups is 1. The molecule has 0 unspecified atom stereocenters. The first kappa shape index (κ1) is 19.1. The van der Waals surface area contributed by atoms with E-state index < -0.39 is 23.7 Å². The molecule has 28 heavy (non-hydrogen) atoms. The van der Waals surface area contributed by atoms with Crippen LogP contribution in [0.2, 0.25) is 0 Å². The van der Waals surface area contributed by atoms with Gasteiger partial charge in [0, 0.05) is 6.07 Å². The van der Waals surface area contributed by atoms with Crippen molar-refractivity contribution in [3.8, 4) is 11.6 Å². The number of carbonyl (C=O) groups is 2. The zero-order chi connectivity index (χ0) is 20.3. The van der Waals surface area contributed by atoms with Crippen LogP contribution in [-0.4, -0.2) is 31.9 Å². The Hall–Kier alpha value is -3.68. The summed E-state index contributed by atoms with van der Waals surface area (Å²) < 4.78 is 14.4. The number of aliphatic carboxylic acids is 1. The van der Waals surface area contributed by atoms with Gasteiger partial charge in [-0.1, -0.05) is 30.3 Å². The third-order valence-corrected chi connectivity index (χ3v) is 4.22. The van der Waals surface area contributed by atoms with E-state index >= 15 is 0 Å². The monoisotopic (exact) mass is 383 g/mol. The number of carbonyl (C=O) groups excluding carboxylic acids is 1. The highest BCUT2D eigenvalue weighted by Gasteiger charge is 2.23. The Morgan fingerprint density at radius 1 is 1.18 bits per heavy atom. The average molecular weight is 383 g/mol. The first-order valence-corrected chi connectivity index (χ1v) is 8.48. The number of hydrogen-bond acceptors (Lipinski definition) is 4. The number of benzene rings is 2. The molecular formula is C20H18FN3O4. The lowest BCUT2D eigenvalue weighted by Gasteiger charge is -2.18. The van der Waals surface area contributed by atoms with Gasteiger partial charge in [-0.15, -0.1) is 0 Å². The molecule has 2 aromatic carbocycles. The predicted octanol–water partition coefficient (Wildman–Crippen LogP) is 2.97. The van der Waals surface area contributed by atoms with E-state index in [4.69, 9.17) is 0 Å². The molecule has 0 aliphatic carbocycles. The van der Waals surface area contributed by atoms with Crippen molar-refractivity contribution < 1.29 is 24.2 Å². The summed E-state index contributed by atoms with van der Waals surface area (Å²) in [6, 6.07) is 12.9. The Kier molecular flexibility index (Phi) is 5.39. The summed E-state index contributed by atoms with van der Waals surface area (Å²) in [5.41, 5.74) is 1.64. The zero-order valence-electron chi connectivity index (χ0n) is 15.0. The highest BCUT2D eigenvalue weighted by molar-refractivity contribution is 5.93. The van der Waals surface area contributed by atoms with Crippen molar-refractivity contribution in [2.75, 3.05) is 0 Å². The lowest BCUT2D eigenvalue weighted by Crippen LogP contribution is -2.31. The molecule has 0 saturated heterocycles. The van der Waals surface area contributed by atoms with E-state index in [1.54, 1.807) is 12.1 Å². The first-order chi connectivity index (χ1) is 13.3. The van der Waals surface area contributed by atoms with Gasteiger partial charge in [0.05, 0.1) is 18.2 Å². The number of aromatic nitrogens is 2. The standard InChI is InChI=1S/C20H18FN3O4/c1-12-5-2-3-8-15(12)16(11-19(26)27)22-20(28)17-10-18(25)24(23-17)14-7-4-6-13(21)9-14/h2-10,16,25H,11H2,1H3,(H,22,28)(H,26,27)/t16-/m0/s1. The van der Waals surface area contributed by atoms with E-state index in [1.807, 2.05) is 19.1 Å². The van der Waals surface area contributed by atoms with Crippen LogP contribution in [0.1, 0.15) is 34.1 Å². The fourth-order valence-electron chi connectivity index (χ4n) is 2.90. The van der Waals surface area contributed by atoms with Crippen LogP contribution in [-0.2, 0) is 4.79 Å². The number of aryl methyl sites for hydroxylation is 1. The minimum absolute atomic E-state index is 0.120. The Balaban J connectivity index is 1.87. The lowest BCUT2D eigenvalue weighted by molar-refractivity contribution is -0.137. The van der Waals surface area contributed by atoms with Gasteiger partial charge in [-0.3, -0.25) is 9.59 Å². The maximum atomic E-state index is 13.4. The maximum Gasteiger partial charge on any atom is 0.305 e. The van der Waals surface area contributed by atoms with E-state index in [1.165, 1.54) is 18.2 Å². The van der Waals surface area contributed by atoms with Crippen molar-refractivity contribution in [3.05, 3.63) is 77.2 Å². The number of carboxylic acid groups (broad SMARTS) is 1. The van der Waals surface area contributed by atoms with Crippen LogP contribution in [0.25, 0.3) is 5.69 Å². The molecule has 0 aliphatic heterocycles. The van der Waals surface area contributed by atoms with Gasteiger partial charge in [0.25, 0.3) is 5.91 Å². The molecule has 0 spiro atoms. The maximum absolute atomic E-state index is 13.4. The van der Waals surface area contributed by atoms with E-state index in [-0.39, 0.29) is 23.7 Å². The Morgan fingerprint density at radius 3 is 2.61 bits per heavy atom. The van der Waals surface area contributed by atoms with Crippen LogP contribution >= 0.6 is 0 Å². The molecule has 0 bridgehead atoms. The van der Waals surface area contributed by atoms with Gasteiger partial charge in [0.1, 0.15) is 5.82 Å². The third-order valence-electron chi connectivity index (χ3n) is 4.22. The summed E-state index contributed by atoms with van der Waals surface area (Å²) in [5, 5.41) is 25.9. The predicted molar refractivity (Wildman–Crippen MR) is 98.8 cm³/mol. The van der Waals surface area contributed by atoms with Crippen molar-refractivity contribution >= 4 is 11.9 Å². The summed E-state index contributed by atoms with van der Waals surface area (Å²) in [4.78, 5) is 23.9. The molecule has 1 heterocycles. The van der Waals surface area contributed by atoms with Gasteiger partial charge in [-0.05, 0) is 36.2 Å². The topological polar surface area (TPSA) is 104 Å². The molecule has 0 radical (unpaired) electrons. The highest BCUT2D eigenvalue weighted by Crippen LogP contribution is 2.23. The van der Waals surface area contributed by atoms with Gasteiger partial charge in [-0.25, -0.2) is 9.07 Å². The van der Waals surface area contributed by atoms with Crippen molar-refractivity contribution in [1.82, 2.24) is 15.1 Å². The summed E-state index contributed by atoms with van der Waals surface area (Å²) in [5.74, 6) is -2.58. The van der Waals surface area contributed by atoms with Crippen LogP contribution in [0.15, 0.2) is 54.6 Å². The van der Waals surface area contributed by atoms with Crippen LogP contribution in [0.5, 0.6) is 5.88 Å². The van der Waals surface area contributed by atoms with Crippen LogP contribution in [0, 0.1) is 12.7 Å². The number of hydrogen-bond donors (Lipinski definition) is 3. The van der Waals surface area contributed by atoms with Gasteiger partial charge >= 0.3 is 5.97 Å². The fraction of sp³-hybridized carbons (Fsp3) is 0.150. The number of rotatable bonds is 6. The summed E-state index contributed by atoms with van der Waals surface area (Å²) in [7, 11) is 0. The van der Waals surface area contributed by atoms with Crippen molar-refractivity contribution in [2.24, 2.45) is 0 Å². The molecule has 0 aliphatic rings. The summed E-state index contributed by atoms with van der Waals surface area (Å²) >= 11 is 0. The second kappa shape index (κ2) is 7.91. The molecule has 8 heteroatoms. The van der Waals surface area contributed by atoms with E-state index in [0.29, 0.717) is 5.56 Å². The Morgan fingerprint density at radius 2 is 1.93 bits per heavy atom. The minimum Gasteiger partial charge on any atom is -0.493 e. The first-order valence-electron chi connectivity index (χ1n) is 8.48. The van der Waals surface area contributed by atoms with E-state index in [0.717, 1.165) is 22.4 Å². The molecule has 144 valence electrons. The Labute approximate surface area is 160 Å². The molecule has 1 aromatic heterocycles. The number of amides is 1. The molecule has 3 aromatic rings. The number of nitrogens with one attached hydrogen (secondary N) is 1. The smallest absolute Gasteiger partial charge is 0.305 e. The molecule has 1 amide bonds. The second-order valence-electron chi connectivity index (χ2n) is 6.26. The van der Waals surface area contributed by atoms with Gasteiger partial charge in [-0.2, -0.15) is 5.10 Å². The lowest BCUT2D eigenvalue weighted by atomic mass is 9.98. The second-order valence-corrected chi connectivity index (χ2v) is 6.26. The van der Waals surface area contributed by atoms with Crippen molar-refractivity contribution in [2.45, 2.75) is 19.4 Å². The number of halogens is 1. The van der Waals surface area contributed by atoms with Crippen molar-refractivity contribution in [1.29, 1.82) is 0 Å². The van der Waals surface area contributed by atoms with Gasteiger partial charge in [0.2, 0.25) is 5.88 Å². The normalized spacial score (nSPS) is 11.8. The molecule has 3 rings (SSSR count). The molecular weight excluding hydrogens is 365 g/mol. The zero-order valence-corrected chi connectivity index (χ0v) is 15.0. The average Bonchev–Trinajstić information content (AvgIpc) is 3.03. The number of carboxylic acids is 1. The minimum atomic E-state index is -1.07. The van der Waals surface area contributed by atoms with Crippen molar-refractivity contribution in [3.63, 3.8) is 0 Å². The van der Waals surface area contributed by atoms with E-state index in [2.05, 4.69) is 10.4 Å². The summed E-state index contributed by atoms with van der Waals surface area (Å²) in [6.45, 7) is 1.82. The molecule has 7 nitrogen and oxygen atoms in total. The SMILES string of the molecule is Cc1ccccc1[C@H](CC(=O)O)NC(=O)c1cc(O)n(-c2cccc(F)c2)n1. The summed E-state index contributed by atoms with van der Waals surface area (Å²) in [6.07, 6.45) is -0.312. The van der Waals surface area contributed by atoms with Gasteiger partial charge in [0.15, 0.2) is 5.69 Å². The largest absolute Gasteiger partial charge is 0.493 e. The third kappa shape index (κ3) is 4.17. The molecule has 0 fully saturated rings. The van der Waals surface area contributed by atoms with Crippen LogP contribution < -0.4 is 5.32 Å². The fourth-order valence-corrected chi connectivity index (χ4v) is 2.90. The van der Waals surface area contributed by atoms with Crippen LogP contribution in [0.3, 0.4) is 0 Å². The van der Waals surface area contributed by atoms with Crippen LogP contribution in [0.4, 0.5) is 4.39 Å². The highest BCUT2D eigenvalue weighted by atomic mass is 19.1. The number of nitrogens with zero attached hydrogens (tertiary/aromatic N) is 2.